The van der Waals surface area contributed by atoms with E-state index in [-0.39, 0.29) is 24.7 Å². The Morgan fingerprint density at radius 3 is 2.60 bits per heavy atom. The van der Waals surface area contributed by atoms with Gasteiger partial charge in [0.25, 0.3) is 0 Å². The molecule has 1 heterocycles. The summed E-state index contributed by atoms with van der Waals surface area (Å²) in [6.45, 7) is 2.23. The third-order valence-corrected chi connectivity index (χ3v) is 5.57. The number of alkyl halides is 3. The molecule has 0 saturated heterocycles. The van der Waals surface area contributed by atoms with Gasteiger partial charge in [0.15, 0.2) is 5.69 Å². The molecule has 3 rings (SSSR count). The van der Waals surface area contributed by atoms with E-state index < -0.39 is 16.9 Å². The molecule has 0 radical (unpaired) electrons. The predicted molar refractivity (Wildman–Crippen MR) is 127 cm³/mol. The molecular weight excluding hydrogens is 483 g/mol. The van der Waals surface area contributed by atoms with Gasteiger partial charge in [0.05, 0.1) is 17.8 Å². The number of carbonyl (C=O) groups is 1. The van der Waals surface area contributed by atoms with Gasteiger partial charge in [-0.15, -0.1) is 0 Å². The Bertz CT molecular complexity index is 1180. The van der Waals surface area contributed by atoms with Crippen molar-refractivity contribution in [3.05, 3.63) is 82.1 Å². The molecule has 0 bridgehead atoms. The van der Waals surface area contributed by atoms with E-state index in [1.165, 1.54) is 17.7 Å². The van der Waals surface area contributed by atoms with E-state index in [2.05, 4.69) is 10.4 Å². The van der Waals surface area contributed by atoms with Crippen LogP contribution in [0, 0.1) is 6.92 Å². The van der Waals surface area contributed by atoms with Crippen LogP contribution in [-0.4, -0.2) is 29.3 Å². The number of nitrogens with zero attached hydrogens (tertiary/aromatic N) is 2. The first-order valence-corrected chi connectivity index (χ1v) is 11.2. The van der Waals surface area contributed by atoms with E-state index in [0.717, 1.165) is 16.9 Å². The fourth-order valence-corrected chi connectivity index (χ4v) is 3.53. The molecule has 35 heavy (non-hydrogen) atoms. The van der Waals surface area contributed by atoms with Crippen LogP contribution in [0.5, 0.6) is 11.5 Å². The molecule has 6 nitrogen and oxygen atoms in total. The van der Waals surface area contributed by atoms with Crippen LogP contribution < -0.4 is 14.8 Å². The fraction of sp³-hybridized carbons (Fsp3) is 0.280. The van der Waals surface area contributed by atoms with Gasteiger partial charge >= 0.3 is 6.18 Å². The van der Waals surface area contributed by atoms with Gasteiger partial charge in [-0.25, -0.2) is 0 Å². The Hall–Kier alpha value is -3.46. The second-order valence-electron chi connectivity index (χ2n) is 7.62. The summed E-state index contributed by atoms with van der Waals surface area (Å²) in [5.74, 6) is 1.08. The molecule has 0 aliphatic heterocycles. The largest absolute Gasteiger partial charge is 0.496 e. The number of rotatable bonds is 10. The molecule has 1 amide bonds. The number of aromatic nitrogens is 2. The second kappa shape index (κ2) is 11.8. The minimum Gasteiger partial charge on any atom is -0.496 e. The number of nitrogens with one attached hydrogen (secondary N) is 1. The first kappa shape index (κ1) is 26.2. The first-order valence-electron chi connectivity index (χ1n) is 10.8. The standard InChI is InChI=1S/C25H25ClF3N3O3/c1-17-23(26)24(25(27,28)29)31-32(17)14-6-13-30-22(33)12-10-18-9-11-21(34-2)19(15-18)16-35-20-7-4-3-5-8-20/h3-5,7-12,15H,6,13-14,16H2,1-2H3,(H,30,33)/b12-10+. The molecule has 0 unspecified atom stereocenters. The summed E-state index contributed by atoms with van der Waals surface area (Å²) in [7, 11) is 1.58. The number of aryl methyl sites for hydroxylation is 1. The van der Waals surface area contributed by atoms with E-state index in [4.69, 9.17) is 21.1 Å². The maximum absolute atomic E-state index is 12.9. The topological polar surface area (TPSA) is 65.4 Å². The van der Waals surface area contributed by atoms with Crippen molar-refractivity contribution in [2.75, 3.05) is 13.7 Å². The van der Waals surface area contributed by atoms with Crippen LogP contribution >= 0.6 is 11.6 Å². The van der Waals surface area contributed by atoms with Crippen LogP contribution in [-0.2, 0) is 24.1 Å². The quantitative estimate of drug-likeness (QED) is 0.283. The van der Waals surface area contributed by atoms with Crippen molar-refractivity contribution in [2.45, 2.75) is 32.7 Å². The van der Waals surface area contributed by atoms with E-state index in [1.807, 2.05) is 42.5 Å². The number of hydrogen-bond acceptors (Lipinski definition) is 4. The third kappa shape index (κ3) is 7.26. The smallest absolute Gasteiger partial charge is 0.436 e. The van der Waals surface area contributed by atoms with Gasteiger partial charge in [-0.3, -0.25) is 9.48 Å². The van der Waals surface area contributed by atoms with Crippen LogP contribution in [0.1, 0.15) is 28.9 Å². The average molecular weight is 508 g/mol. The highest BCUT2D eigenvalue weighted by molar-refractivity contribution is 6.31. The van der Waals surface area contributed by atoms with Gasteiger partial charge in [-0.2, -0.15) is 18.3 Å². The van der Waals surface area contributed by atoms with E-state index >= 15 is 0 Å². The summed E-state index contributed by atoms with van der Waals surface area (Å²) in [5, 5.41) is 5.84. The Morgan fingerprint density at radius 1 is 1.20 bits per heavy atom. The van der Waals surface area contributed by atoms with Gasteiger partial charge in [-0.05, 0) is 49.2 Å². The first-order chi connectivity index (χ1) is 16.7. The molecule has 1 N–H and O–H groups in total. The van der Waals surface area contributed by atoms with Crippen molar-refractivity contribution in [3.63, 3.8) is 0 Å². The molecule has 1 aromatic heterocycles. The Labute approximate surface area is 206 Å². The molecule has 0 aliphatic rings. The van der Waals surface area contributed by atoms with Gasteiger partial charge in [0.2, 0.25) is 5.91 Å². The zero-order chi connectivity index (χ0) is 25.4. The zero-order valence-electron chi connectivity index (χ0n) is 19.2. The van der Waals surface area contributed by atoms with Gasteiger partial charge in [-0.1, -0.05) is 35.9 Å². The highest BCUT2D eigenvalue weighted by atomic mass is 35.5. The van der Waals surface area contributed by atoms with Crippen molar-refractivity contribution >= 4 is 23.6 Å². The molecule has 0 aliphatic carbocycles. The Kier molecular flexibility index (Phi) is 8.81. The van der Waals surface area contributed by atoms with Crippen LogP contribution in [0.2, 0.25) is 5.02 Å². The maximum Gasteiger partial charge on any atom is 0.436 e. The highest BCUT2D eigenvalue weighted by Gasteiger charge is 2.38. The summed E-state index contributed by atoms with van der Waals surface area (Å²) in [6, 6.07) is 14.9. The summed E-state index contributed by atoms with van der Waals surface area (Å²) >= 11 is 5.74. The number of methoxy groups -OCH3 is 1. The van der Waals surface area contributed by atoms with Crippen molar-refractivity contribution in [3.8, 4) is 11.5 Å². The molecule has 0 spiro atoms. The van der Waals surface area contributed by atoms with Gasteiger partial charge in [0, 0.05) is 24.7 Å². The second-order valence-corrected chi connectivity index (χ2v) is 8.00. The summed E-state index contributed by atoms with van der Waals surface area (Å²) in [5.41, 5.74) is 0.743. The average Bonchev–Trinajstić information content (AvgIpc) is 3.13. The van der Waals surface area contributed by atoms with Crippen LogP contribution in [0.25, 0.3) is 6.08 Å². The number of para-hydroxylation sites is 1. The van der Waals surface area contributed by atoms with E-state index in [1.54, 1.807) is 19.3 Å². The molecule has 2 aromatic carbocycles. The third-order valence-electron chi connectivity index (χ3n) is 5.12. The van der Waals surface area contributed by atoms with Crippen molar-refractivity contribution in [1.82, 2.24) is 15.1 Å². The molecular formula is C25H25ClF3N3O3. The normalized spacial score (nSPS) is 11.6. The van der Waals surface area contributed by atoms with E-state index in [9.17, 15) is 18.0 Å². The monoisotopic (exact) mass is 507 g/mol. The SMILES string of the molecule is COc1ccc(/C=C/C(=O)NCCCn2nc(C(F)(F)F)c(Cl)c2C)cc1COc1ccccc1. The lowest BCUT2D eigenvalue weighted by Crippen LogP contribution is -2.23. The van der Waals surface area contributed by atoms with E-state index in [0.29, 0.717) is 18.8 Å². The molecule has 0 atom stereocenters. The van der Waals surface area contributed by atoms with Crippen molar-refractivity contribution in [1.29, 1.82) is 0 Å². The van der Waals surface area contributed by atoms with Crippen LogP contribution in [0.3, 0.4) is 0 Å². The highest BCUT2D eigenvalue weighted by Crippen LogP contribution is 2.35. The molecule has 3 aromatic rings. The molecule has 10 heteroatoms. The van der Waals surface area contributed by atoms with Crippen LogP contribution in [0.15, 0.2) is 54.6 Å². The summed E-state index contributed by atoms with van der Waals surface area (Å²) in [4.78, 5) is 12.2. The number of halogens is 4. The Balaban J connectivity index is 1.51. The number of ether oxygens (including phenoxy) is 2. The number of carbonyl (C=O) groups excluding carboxylic acids is 1. The molecule has 0 fully saturated rings. The lowest BCUT2D eigenvalue weighted by Gasteiger charge is -2.11. The molecule has 0 saturated carbocycles. The van der Waals surface area contributed by atoms with Crippen molar-refractivity contribution in [2.24, 2.45) is 0 Å². The maximum atomic E-state index is 12.9. The number of amides is 1. The predicted octanol–water partition coefficient (Wildman–Crippen LogP) is 5.67. The van der Waals surface area contributed by atoms with Crippen molar-refractivity contribution < 1.29 is 27.4 Å². The zero-order valence-corrected chi connectivity index (χ0v) is 20.0. The van der Waals surface area contributed by atoms with Crippen LogP contribution in [0.4, 0.5) is 13.2 Å². The molecule has 186 valence electrons. The minimum atomic E-state index is -4.61. The van der Waals surface area contributed by atoms with Gasteiger partial charge < -0.3 is 14.8 Å². The number of benzene rings is 2. The number of hydrogen-bond donors (Lipinski definition) is 1. The summed E-state index contributed by atoms with van der Waals surface area (Å²) < 4.78 is 51.1. The minimum absolute atomic E-state index is 0.189. The Morgan fingerprint density at radius 2 is 1.94 bits per heavy atom. The lowest BCUT2D eigenvalue weighted by molar-refractivity contribution is -0.141. The van der Waals surface area contributed by atoms with Gasteiger partial charge in [0.1, 0.15) is 18.1 Å². The fourth-order valence-electron chi connectivity index (χ4n) is 3.29. The lowest BCUT2D eigenvalue weighted by atomic mass is 10.1. The summed E-state index contributed by atoms with van der Waals surface area (Å²) in [6.07, 6.45) is -1.17.